The molecule has 0 spiro atoms. The highest BCUT2D eigenvalue weighted by atomic mass is 16.5. The minimum absolute atomic E-state index is 0.189. The van der Waals surface area contributed by atoms with E-state index in [-0.39, 0.29) is 24.5 Å². The third-order valence-electron chi connectivity index (χ3n) is 4.20. The summed E-state index contributed by atoms with van der Waals surface area (Å²) >= 11 is 0. The molecule has 0 unspecified atom stereocenters. The molecule has 0 aliphatic rings. The summed E-state index contributed by atoms with van der Waals surface area (Å²) in [4.78, 5) is 23.8. The predicted molar refractivity (Wildman–Crippen MR) is 107 cm³/mol. The maximum Gasteiger partial charge on any atom is 0.306 e. The lowest BCUT2D eigenvalue weighted by atomic mass is 10.1. The molecule has 0 aliphatic heterocycles. The Morgan fingerprint density at radius 1 is 1.21 bits per heavy atom. The van der Waals surface area contributed by atoms with Crippen LogP contribution in [0.25, 0.3) is 5.69 Å². The zero-order valence-corrected chi connectivity index (χ0v) is 17.5. The molecule has 0 radical (unpaired) electrons. The quantitative estimate of drug-likeness (QED) is 0.739. The van der Waals surface area contributed by atoms with Crippen LogP contribution >= 0.6 is 0 Å². The van der Waals surface area contributed by atoms with E-state index in [0.717, 1.165) is 28.4 Å². The van der Waals surface area contributed by atoms with Crippen LogP contribution in [0.4, 0.5) is 0 Å². The van der Waals surface area contributed by atoms with Crippen molar-refractivity contribution in [3.63, 3.8) is 0 Å². The number of carbonyl (C=O) groups excluding carboxylic acids is 2. The average molecular weight is 387 g/mol. The molecule has 28 heavy (non-hydrogen) atoms. The van der Waals surface area contributed by atoms with Crippen LogP contribution < -0.4 is 10.1 Å². The molecule has 1 aromatic heterocycles. The second-order valence-corrected chi connectivity index (χ2v) is 7.72. The van der Waals surface area contributed by atoms with Gasteiger partial charge in [-0.05, 0) is 58.7 Å². The molecular weight excluding hydrogens is 358 g/mol. The van der Waals surface area contributed by atoms with Gasteiger partial charge in [-0.3, -0.25) is 9.59 Å². The Labute approximate surface area is 166 Å². The van der Waals surface area contributed by atoms with Crippen LogP contribution in [0.1, 0.15) is 44.1 Å². The van der Waals surface area contributed by atoms with Crippen LogP contribution in [-0.2, 0) is 20.7 Å². The van der Waals surface area contributed by atoms with Crippen LogP contribution in [0.15, 0.2) is 24.3 Å². The summed E-state index contributed by atoms with van der Waals surface area (Å²) in [6, 6.07) is 7.64. The van der Waals surface area contributed by atoms with Gasteiger partial charge in [0, 0.05) is 23.7 Å². The lowest BCUT2D eigenvalue weighted by Gasteiger charge is -2.20. The van der Waals surface area contributed by atoms with Crippen LogP contribution in [-0.4, -0.2) is 40.9 Å². The second-order valence-electron chi connectivity index (χ2n) is 7.72. The topological polar surface area (TPSA) is 82.5 Å². The number of nitrogens with zero attached hydrogens (tertiary/aromatic N) is 2. The molecule has 152 valence electrons. The molecule has 0 aliphatic carbocycles. The predicted octanol–water partition coefficient (Wildman–Crippen LogP) is 2.89. The Bertz CT molecular complexity index is 850. The van der Waals surface area contributed by atoms with Crippen molar-refractivity contribution in [1.29, 1.82) is 0 Å². The van der Waals surface area contributed by atoms with Crippen LogP contribution in [0, 0.1) is 13.8 Å². The number of rotatable bonds is 7. The van der Waals surface area contributed by atoms with E-state index < -0.39 is 5.97 Å². The van der Waals surface area contributed by atoms with Gasteiger partial charge < -0.3 is 14.8 Å². The monoisotopic (exact) mass is 387 g/mol. The Morgan fingerprint density at radius 2 is 1.93 bits per heavy atom. The van der Waals surface area contributed by atoms with E-state index in [2.05, 4.69) is 10.4 Å². The first-order chi connectivity index (χ1) is 13.1. The largest absolute Gasteiger partial charge is 0.497 e. The molecule has 0 saturated carbocycles. The number of benzene rings is 1. The van der Waals surface area contributed by atoms with E-state index in [1.165, 1.54) is 0 Å². The highest BCUT2D eigenvalue weighted by Gasteiger charge is 2.17. The third kappa shape index (κ3) is 5.84. The van der Waals surface area contributed by atoms with Crippen molar-refractivity contribution in [2.75, 3.05) is 13.7 Å². The summed E-state index contributed by atoms with van der Waals surface area (Å²) in [5, 5.41) is 7.35. The number of esters is 1. The van der Waals surface area contributed by atoms with Crippen molar-refractivity contribution in [1.82, 2.24) is 15.1 Å². The van der Waals surface area contributed by atoms with Crippen LogP contribution in [0.3, 0.4) is 0 Å². The fraction of sp³-hybridized carbons (Fsp3) is 0.476. The summed E-state index contributed by atoms with van der Waals surface area (Å²) in [7, 11) is 1.62. The summed E-state index contributed by atoms with van der Waals surface area (Å²) in [5.74, 6) is 0.0414. The van der Waals surface area contributed by atoms with Crippen molar-refractivity contribution in [2.45, 2.75) is 53.0 Å². The zero-order chi connectivity index (χ0) is 20.9. The highest BCUT2D eigenvalue weighted by Crippen LogP contribution is 2.22. The van der Waals surface area contributed by atoms with Crippen LogP contribution in [0.2, 0.25) is 0 Å². The summed E-state index contributed by atoms with van der Waals surface area (Å²) in [5.41, 5.74) is 3.36. The molecule has 1 aromatic carbocycles. The lowest BCUT2D eigenvalue weighted by molar-refractivity contribution is -0.148. The minimum atomic E-state index is -0.406. The van der Waals surface area contributed by atoms with Gasteiger partial charge in [0.2, 0.25) is 0 Å². The van der Waals surface area contributed by atoms with Gasteiger partial charge >= 0.3 is 5.97 Å². The summed E-state index contributed by atoms with van der Waals surface area (Å²) in [6.45, 7) is 9.24. The number of aryl methyl sites for hydroxylation is 1. The van der Waals surface area contributed by atoms with Gasteiger partial charge in [0.25, 0.3) is 5.91 Å². The van der Waals surface area contributed by atoms with E-state index in [1.54, 1.807) is 7.11 Å². The summed E-state index contributed by atoms with van der Waals surface area (Å²) < 4.78 is 12.2. The number of carbonyl (C=O) groups is 2. The minimum Gasteiger partial charge on any atom is -0.497 e. The van der Waals surface area contributed by atoms with Gasteiger partial charge in [-0.15, -0.1) is 0 Å². The van der Waals surface area contributed by atoms with Crippen LogP contribution in [0.5, 0.6) is 5.75 Å². The Morgan fingerprint density at radius 3 is 2.57 bits per heavy atom. The van der Waals surface area contributed by atoms with E-state index in [0.29, 0.717) is 6.42 Å². The van der Waals surface area contributed by atoms with E-state index in [9.17, 15) is 9.59 Å². The van der Waals surface area contributed by atoms with Crippen molar-refractivity contribution in [3.8, 4) is 11.4 Å². The molecular formula is C21H29N3O4. The van der Waals surface area contributed by atoms with Crippen molar-refractivity contribution in [3.05, 3.63) is 41.2 Å². The van der Waals surface area contributed by atoms with E-state index in [4.69, 9.17) is 9.47 Å². The van der Waals surface area contributed by atoms with Gasteiger partial charge in [0.05, 0.1) is 18.5 Å². The Balaban J connectivity index is 1.98. The van der Waals surface area contributed by atoms with Gasteiger partial charge in [-0.25, -0.2) is 4.68 Å². The number of aromatic nitrogens is 2. The molecule has 0 saturated heterocycles. The SMILES string of the molecule is COc1cccc(-n2nc(C)c(CCC(=O)OCC(=O)NC(C)(C)C)c2C)c1. The number of hydrogen-bond acceptors (Lipinski definition) is 5. The first kappa shape index (κ1) is 21.5. The molecule has 0 bridgehead atoms. The van der Waals surface area contributed by atoms with E-state index >= 15 is 0 Å². The number of nitrogens with one attached hydrogen (secondary N) is 1. The maximum atomic E-state index is 12.0. The van der Waals surface area contributed by atoms with Crippen molar-refractivity contribution in [2.24, 2.45) is 0 Å². The first-order valence-electron chi connectivity index (χ1n) is 9.27. The Hall–Kier alpha value is -2.83. The van der Waals surface area contributed by atoms with Gasteiger partial charge in [-0.1, -0.05) is 6.07 Å². The van der Waals surface area contributed by atoms with Crippen molar-refractivity contribution < 1.29 is 19.1 Å². The molecule has 0 atom stereocenters. The third-order valence-corrected chi connectivity index (χ3v) is 4.20. The van der Waals surface area contributed by atoms with E-state index in [1.807, 2.05) is 63.6 Å². The number of hydrogen-bond donors (Lipinski definition) is 1. The zero-order valence-electron chi connectivity index (χ0n) is 17.5. The van der Waals surface area contributed by atoms with Gasteiger partial charge in [0.15, 0.2) is 6.61 Å². The second kappa shape index (κ2) is 8.91. The van der Waals surface area contributed by atoms with Crippen molar-refractivity contribution >= 4 is 11.9 Å². The maximum absolute atomic E-state index is 12.0. The molecule has 0 fully saturated rings. The normalized spacial score (nSPS) is 11.2. The Kier molecular flexibility index (Phi) is 6.83. The number of ether oxygens (including phenoxy) is 2. The molecule has 2 rings (SSSR count). The fourth-order valence-corrected chi connectivity index (χ4v) is 2.93. The smallest absolute Gasteiger partial charge is 0.306 e. The number of amides is 1. The molecule has 7 heteroatoms. The standard InChI is InChI=1S/C21H29N3O4/c1-14-18(10-11-20(26)28-13-19(25)22-21(3,4)5)15(2)24(23-14)16-8-7-9-17(12-16)27-6/h7-9,12H,10-11,13H2,1-6H3,(H,22,25). The molecule has 2 aromatic rings. The highest BCUT2D eigenvalue weighted by molar-refractivity contribution is 5.81. The first-order valence-corrected chi connectivity index (χ1v) is 9.27. The average Bonchev–Trinajstić information content (AvgIpc) is 2.91. The fourth-order valence-electron chi connectivity index (χ4n) is 2.93. The summed E-state index contributed by atoms with van der Waals surface area (Å²) in [6.07, 6.45) is 0.690. The molecule has 1 amide bonds. The number of methoxy groups -OCH3 is 1. The molecule has 7 nitrogen and oxygen atoms in total. The lowest BCUT2D eigenvalue weighted by Crippen LogP contribution is -2.42. The van der Waals surface area contributed by atoms with Gasteiger partial charge in [-0.2, -0.15) is 5.10 Å². The molecule has 1 heterocycles. The van der Waals surface area contributed by atoms with Gasteiger partial charge in [0.1, 0.15) is 5.75 Å². The molecule has 1 N–H and O–H groups in total.